The monoisotopic (exact) mass is 564 g/mol. The van der Waals surface area contributed by atoms with Gasteiger partial charge in [0.1, 0.15) is 24.8 Å². The zero-order chi connectivity index (χ0) is 25.2. The Labute approximate surface area is 243 Å². The van der Waals surface area contributed by atoms with Crippen LogP contribution in [0.5, 0.6) is 0 Å². The van der Waals surface area contributed by atoms with Crippen molar-refractivity contribution in [2.24, 2.45) is 10.3 Å². The van der Waals surface area contributed by atoms with Crippen molar-refractivity contribution in [2.75, 3.05) is 0 Å². The van der Waals surface area contributed by atoms with Gasteiger partial charge in [0.05, 0.1) is 20.1 Å². The average Bonchev–Trinajstić information content (AvgIpc) is 2.83. The van der Waals surface area contributed by atoms with Crippen LogP contribution in [0.15, 0.2) is 46.7 Å². The van der Waals surface area contributed by atoms with Gasteiger partial charge in [-0.3, -0.25) is 0 Å². The van der Waals surface area contributed by atoms with E-state index in [1.54, 1.807) is 42.5 Å². The Morgan fingerprint density at radius 1 is 0.912 bits per heavy atom. The molecule has 0 heterocycles. The molecule has 0 radical (unpaired) electrons. The van der Waals surface area contributed by atoms with Crippen molar-refractivity contribution in [3.05, 3.63) is 84.2 Å². The summed E-state index contributed by atoms with van der Waals surface area (Å²) in [5.41, 5.74) is 1.39. The molecule has 2 aromatic rings. The quantitative estimate of drug-likeness (QED) is 0.138. The number of rotatable bonds is 4. The first-order chi connectivity index (χ1) is 15.8. The number of oxime groups is 1. The Morgan fingerprint density at radius 3 is 1.76 bits per heavy atom. The van der Waals surface area contributed by atoms with Crippen LogP contribution < -0.4 is 29.6 Å². The first-order valence-corrected chi connectivity index (χ1v) is 10.2. The molecule has 0 aliphatic rings. The van der Waals surface area contributed by atoms with E-state index in [9.17, 15) is 5.21 Å². The zero-order valence-electron chi connectivity index (χ0n) is 17.3. The number of halogens is 5. The first-order valence-electron chi connectivity index (χ1n) is 8.18. The van der Waals surface area contributed by atoms with E-state index in [4.69, 9.17) is 85.2 Å². The minimum absolute atomic E-state index is 0. The Morgan fingerprint density at radius 2 is 1.41 bits per heavy atom. The summed E-state index contributed by atoms with van der Waals surface area (Å²) in [5, 5.41) is 41.1. The van der Waals surface area contributed by atoms with Crippen molar-refractivity contribution in [1.82, 2.24) is 0 Å². The van der Waals surface area contributed by atoms with Crippen molar-refractivity contribution in [3.63, 3.8) is 0 Å². The standard InChI is InChI=1S/C10H5Cl2N3O.C7H5Cl3.C3HN3O.Na/c11-9-2-1-7(3-10(9)12)6-16-15-8(4-13)5-14;8-4-5-1-2-6(9)7(10)3-5;1-5-3(2-4)6-7;/h1-3H,6H2;1-3H,4H2;7H;/q;;;+1/p-1/b;;6-3+;. The molecule has 14 heteroatoms. The fourth-order valence-electron chi connectivity index (χ4n) is 1.56. The van der Waals surface area contributed by atoms with Crippen LogP contribution in [-0.4, -0.2) is 11.5 Å². The van der Waals surface area contributed by atoms with Crippen molar-refractivity contribution < 1.29 is 34.4 Å². The molecule has 0 aromatic heterocycles. The van der Waals surface area contributed by atoms with Crippen LogP contribution in [0.1, 0.15) is 11.1 Å². The third kappa shape index (κ3) is 14.1. The van der Waals surface area contributed by atoms with E-state index < -0.39 is 5.84 Å². The van der Waals surface area contributed by atoms with Gasteiger partial charge in [0, 0.05) is 5.88 Å². The van der Waals surface area contributed by atoms with Gasteiger partial charge in [-0.05, 0) is 35.4 Å². The molecule has 0 fully saturated rings. The van der Waals surface area contributed by atoms with E-state index in [1.807, 2.05) is 6.07 Å². The van der Waals surface area contributed by atoms with E-state index >= 15 is 0 Å². The molecule has 0 aliphatic heterocycles. The SMILES string of the molecule is ClCc1ccc(Cl)c(Cl)c1.N#CC(C#N)=NOCc1ccc(Cl)c(Cl)c1.[C-]#[N+]/C(C#N)=N/[O-].[Na+]. The Hall–Kier alpha value is -2.21. The first kappa shape index (κ1) is 34.0. The van der Waals surface area contributed by atoms with Crippen LogP contribution in [0.25, 0.3) is 4.85 Å². The zero-order valence-corrected chi connectivity index (χ0v) is 23.0. The van der Waals surface area contributed by atoms with Gasteiger partial charge in [-0.15, -0.1) is 16.8 Å². The number of alkyl halides is 1. The van der Waals surface area contributed by atoms with Crippen LogP contribution in [0.3, 0.4) is 0 Å². The van der Waals surface area contributed by atoms with Gasteiger partial charge in [0.15, 0.2) is 0 Å². The van der Waals surface area contributed by atoms with Gasteiger partial charge in [-0.25, -0.2) is 5.26 Å². The molecular formula is C20H10Cl5N6NaO2. The summed E-state index contributed by atoms with van der Waals surface area (Å²) < 4.78 is 0. The summed E-state index contributed by atoms with van der Waals surface area (Å²) in [6.07, 6.45) is 0. The Bertz CT molecular complexity index is 1150. The molecule has 2 aromatic carbocycles. The van der Waals surface area contributed by atoms with Crippen molar-refractivity contribution in [1.29, 1.82) is 15.8 Å². The minimum Gasteiger partial charge on any atom is -0.691 e. The fourth-order valence-corrected chi connectivity index (χ4v) is 2.36. The predicted molar refractivity (Wildman–Crippen MR) is 129 cm³/mol. The molecule has 0 amide bonds. The summed E-state index contributed by atoms with van der Waals surface area (Å²) in [5.74, 6) is -0.184. The molecule has 0 N–H and O–H groups in total. The molecule has 0 saturated heterocycles. The van der Waals surface area contributed by atoms with Crippen LogP contribution >= 0.6 is 58.0 Å². The van der Waals surface area contributed by atoms with Crippen molar-refractivity contribution >= 4 is 69.6 Å². The summed E-state index contributed by atoms with van der Waals surface area (Å²) in [6, 6.07) is 14.7. The third-order valence-corrected chi connectivity index (χ3v) is 4.80. The number of hydrogen-bond donors (Lipinski definition) is 0. The molecule has 8 nitrogen and oxygen atoms in total. The largest absolute Gasteiger partial charge is 1.00 e. The molecule has 0 atom stereocenters. The number of nitrogens with zero attached hydrogens (tertiary/aromatic N) is 6. The minimum atomic E-state index is -0.653. The maximum Gasteiger partial charge on any atom is 1.00 e. The summed E-state index contributed by atoms with van der Waals surface area (Å²) in [4.78, 5) is 7.25. The molecule has 0 bridgehead atoms. The van der Waals surface area contributed by atoms with Gasteiger partial charge in [-0.2, -0.15) is 10.5 Å². The van der Waals surface area contributed by atoms with E-state index in [0.29, 0.717) is 26.0 Å². The van der Waals surface area contributed by atoms with Crippen molar-refractivity contribution in [3.8, 4) is 18.2 Å². The number of hydrogen-bond acceptors (Lipinski definition) is 7. The molecular weight excluding hydrogens is 557 g/mol. The maximum atomic E-state index is 9.24. The van der Waals surface area contributed by atoms with Crippen LogP contribution in [0, 0.1) is 45.8 Å². The molecule has 0 unspecified atom stereocenters. The van der Waals surface area contributed by atoms with Crippen LogP contribution in [0.2, 0.25) is 20.1 Å². The molecule has 0 spiro atoms. The van der Waals surface area contributed by atoms with Crippen LogP contribution in [-0.2, 0) is 17.3 Å². The van der Waals surface area contributed by atoms with Gasteiger partial charge in [-0.1, -0.05) is 70.3 Å². The summed E-state index contributed by atoms with van der Waals surface area (Å²) in [6.45, 7) is 6.15. The van der Waals surface area contributed by atoms with Gasteiger partial charge < -0.3 is 14.9 Å². The third-order valence-electron chi connectivity index (χ3n) is 3.01. The van der Waals surface area contributed by atoms with E-state index in [2.05, 4.69) is 15.2 Å². The second kappa shape index (κ2) is 20.2. The fraction of sp³-hybridized carbons (Fsp3) is 0.100. The van der Waals surface area contributed by atoms with Gasteiger partial charge in [0.2, 0.25) is 0 Å². The average molecular weight is 567 g/mol. The number of benzene rings is 2. The van der Waals surface area contributed by atoms with Gasteiger partial charge >= 0.3 is 35.4 Å². The van der Waals surface area contributed by atoms with Crippen molar-refractivity contribution in [2.45, 2.75) is 12.5 Å². The molecule has 34 heavy (non-hydrogen) atoms. The maximum absolute atomic E-state index is 9.24. The second-order valence-electron chi connectivity index (χ2n) is 5.21. The summed E-state index contributed by atoms with van der Waals surface area (Å²) >= 11 is 28.4. The predicted octanol–water partition coefficient (Wildman–Crippen LogP) is 3.97. The molecule has 0 aliphatic carbocycles. The molecule has 2 rings (SSSR count). The topological polar surface area (TPSA) is 133 Å². The number of amidine groups is 1. The van der Waals surface area contributed by atoms with E-state index in [-0.39, 0.29) is 41.9 Å². The van der Waals surface area contributed by atoms with Crippen LogP contribution in [0.4, 0.5) is 0 Å². The molecule has 168 valence electrons. The number of nitriles is 3. The Kier molecular flexibility index (Phi) is 20.2. The summed E-state index contributed by atoms with van der Waals surface area (Å²) in [7, 11) is 0. The van der Waals surface area contributed by atoms with E-state index in [0.717, 1.165) is 11.1 Å². The van der Waals surface area contributed by atoms with E-state index in [1.165, 1.54) is 6.07 Å². The second-order valence-corrected chi connectivity index (χ2v) is 7.10. The Balaban J connectivity index is 0. The normalized spacial score (nSPS) is 8.91. The molecule has 0 saturated carbocycles. The smallest absolute Gasteiger partial charge is 0.691 e. The van der Waals surface area contributed by atoms with Gasteiger partial charge in [0.25, 0.3) is 5.71 Å².